The minimum atomic E-state index is -4.09. The average molecular weight is 429 g/mol. The predicted molar refractivity (Wildman–Crippen MR) is 105 cm³/mol. The van der Waals surface area contributed by atoms with Gasteiger partial charge < -0.3 is 24.3 Å². The summed E-state index contributed by atoms with van der Waals surface area (Å²) >= 11 is 0. The Morgan fingerprint density at radius 1 is 0.967 bits per heavy atom. The summed E-state index contributed by atoms with van der Waals surface area (Å²) < 4.78 is 50.9. The van der Waals surface area contributed by atoms with E-state index in [0.29, 0.717) is 34.2 Å². The van der Waals surface area contributed by atoms with Crippen LogP contribution in [0.1, 0.15) is 5.56 Å². The van der Waals surface area contributed by atoms with Crippen LogP contribution in [-0.2, 0) is 15.0 Å². The molecule has 154 valence electrons. The quantitative estimate of drug-likeness (QED) is 0.789. The first-order chi connectivity index (χ1) is 14.4. The minimum absolute atomic E-state index is 0.0877. The number of carbonyl (C=O) groups is 1. The van der Waals surface area contributed by atoms with Crippen LogP contribution in [0.5, 0.6) is 23.0 Å². The van der Waals surface area contributed by atoms with Crippen molar-refractivity contribution in [2.45, 2.75) is 0 Å². The van der Waals surface area contributed by atoms with Crippen molar-refractivity contribution in [1.82, 2.24) is 4.31 Å². The fourth-order valence-corrected chi connectivity index (χ4v) is 4.04. The lowest BCUT2D eigenvalue weighted by molar-refractivity contribution is -0.113. The van der Waals surface area contributed by atoms with Crippen LogP contribution in [0.4, 0.5) is 5.69 Å². The van der Waals surface area contributed by atoms with Gasteiger partial charge in [0.25, 0.3) is 5.91 Å². The van der Waals surface area contributed by atoms with Gasteiger partial charge in [0.15, 0.2) is 23.0 Å². The van der Waals surface area contributed by atoms with E-state index in [1.807, 2.05) is 0 Å². The van der Waals surface area contributed by atoms with Gasteiger partial charge >= 0.3 is 10.2 Å². The van der Waals surface area contributed by atoms with Gasteiger partial charge in [-0.1, -0.05) is 0 Å². The van der Waals surface area contributed by atoms with E-state index in [9.17, 15) is 13.2 Å². The summed E-state index contributed by atoms with van der Waals surface area (Å²) in [6.45, 7) is 0.194. The summed E-state index contributed by atoms with van der Waals surface area (Å²) in [4.78, 5) is 12.9. The van der Waals surface area contributed by atoms with E-state index in [1.54, 1.807) is 36.4 Å². The maximum Gasteiger partial charge on any atom is 0.345 e. The fraction of sp³-hybridized carbons (Fsp3) is 0.158. The smallest absolute Gasteiger partial charge is 0.345 e. The Bertz CT molecular complexity index is 1240. The maximum atomic E-state index is 12.9. The van der Waals surface area contributed by atoms with Crippen LogP contribution in [0.25, 0.3) is 0 Å². The Labute approximate surface area is 171 Å². The third-order valence-electron chi connectivity index (χ3n) is 4.70. The first-order valence-corrected chi connectivity index (χ1v) is 10.2. The van der Waals surface area contributed by atoms with Crippen LogP contribution < -0.4 is 24.3 Å². The van der Waals surface area contributed by atoms with Crippen molar-refractivity contribution in [3.8, 4) is 23.0 Å². The van der Waals surface area contributed by atoms with Gasteiger partial charge in [-0.3, -0.25) is 4.79 Å². The minimum Gasteiger partial charge on any atom is -0.454 e. The molecule has 2 aromatic carbocycles. The molecule has 0 saturated carbocycles. The highest BCUT2D eigenvalue weighted by molar-refractivity contribution is 7.88. The first kappa shape index (κ1) is 18.3. The van der Waals surface area contributed by atoms with Gasteiger partial charge in [-0.05, 0) is 36.4 Å². The Hall–Kier alpha value is -3.73. The van der Waals surface area contributed by atoms with Crippen molar-refractivity contribution in [3.05, 3.63) is 53.7 Å². The third-order valence-corrected chi connectivity index (χ3v) is 6.02. The molecule has 0 spiro atoms. The number of rotatable bonds is 3. The van der Waals surface area contributed by atoms with Crippen LogP contribution in [0.3, 0.4) is 0 Å². The highest BCUT2D eigenvalue weighted by Gasteiger charge is 2.31. The number of amides is 1. The van der Waals surface area contributed by atoms with Crippen LogP contribution in [-0.4, -0.2) is 45.0 Å². The second-order valence-corrected chi connectivity index (χ2v) is 8.17. The molecule has 30 heavy (non-hydrogen) atoms. The topological polar surface area (TPSA) is 116 Å². The highest BCUT2D eigenvalue weighted by Crippen LogP contribution is 2.35. The summed E-state index contributed by atoms with van der Waals surface area (Å²) in [7, 11) is -2.83. The predicted octanol–water partition coefficient (Wildman–Crippen LogP) is 1.65. The molecule has 3 heterocycles. The maximum absolute atomic E-state index is 12.9. The second kappa shape index (κ2) is 6.66. The Morgan fingerprint density at radius 2 is 1.60 bits per heavy atom. The van der Waals surface area contributed by atoms with E-state index in [-0.39, 0.29) is 25.0 Å². The van der Waals surface area contributed by atoms with E-state index in [4.69, 9.17) is 18.9 Å². The molecule has 5 rings (SSSR count). The highest BCUT2D eigenvalue weighted by atomic mass is 32.2. The summed E-state index contributed by atoms with van der Waals surface area (Å²) in [6, 6.07) is 9.82. The third kappa shape index (κ3) is 3.08. The molecule has 3 aliphatic rings. The van der Waals surface area contributed by atoms with Crippen molar-refractivity contribution in [2.24, 2.45) is 4.40 Å². The van der Waals surface area contributed by atoms with E-state index in [2.05, 4.69) is 9.71 Å². The Balaban J connectivity index is 1.47. The number of ether oxygens (including phenoxy) is 4. The molecule has 0 saturated heterocycles. The first-order valence-electron chi connectivity index (χ1n) is 8.82. The SMILES string of the molecule is CN1C(C(=O)Nc2ccc3c(c2)OCO3)=CC(c2ccc3c(c2)OCO3)=NS1(=O)=O. The van der Waals surface area contributed by atoms with Crippen molar-refractivity contribution < 1.29 is 32.2 Å². The van der Waals surface area contributed by atoms with Gasteiger partial charge in [0, 0.05) is 24.4 Å². The number of anilines is 1. The van der Waals surface area contributed by atoms with E-state index < -0.39 is 16.1 Å². The number of hydrogen-bond acceptors (Lipinski definition) is 7. The van der Waals surface area contributed by atoms with E-state index >= 15 is 0 Å². The Morgan fingerprint density at radius 3 is 2.33 bits per heavy atom. The number of nitrogens with zero attached hydrogens (tertiary/aromatic N) is 2. The van der Waals surface area contributed by atoms with Gasteiger partial charge in [0.05, 0.1) is 5.71 Å². The number of fused-ring (bicyclic) bond motifs is 2. The summed E-state index contributed by atoms with van der Waals surface area (Å²) in [5, 5.41) is 2.67. The molecule has 2 aromatic rings. The second-order valence-electron chi connectivity index (χ2n) is 6.54. The average Bonchev–Trinajstić information content (AvgIpc) is 3.37. The molecule has 0 radical (unpaired) electrons. The monoisotopic (exact) mass is 429 g/mol. The molecule has 0 unspecified atom stereocenters. The van der Waals surface area contributed by atoms with E-state index in [1.165, 1.54) is 13.1 Å². The normalized spacial score (nSPS) is 18.0. The number of hydrogen-bond donors (Lipinski definition) is 1. The summed E-state index contributed by atoms with van der Waals surface area (Å²) in [6.07, 6.45) is 1.40. The van der Waals surface area contributed by atoms with Crippen LogP contribution >= 0.6 is 0 Å². The lowest BCUT2D eigenvalue weighted by Gasteiger charge is -2.23. The molecule has 1 amide bonds. The number of allylic oxidation sites excluding steroid dienone is 1. The van der Waals surface area contributed by atoms with Gasteiger partial charge in [-0.25, -0.2) is 4.31 Å². The molecule has 1 N–H and O–H groups in total. The number of carbonyl (C=O) groups excluding carboxylic acids is 1. The lowest BCUT2D eigenvalue weighted by Crippen LogP contribution is -2.35. The molecule has 11 heteroatoms. The number of likely N-dealkylation sites (N-methyl/N-ethyl adjacent to an activating group) is 1. The van der Waals surface area contributed by atoms with Gasteiger partial charge in [0.1, 0.15) is 5.70 Å². The molecule has 0 fully saturated rings. The molecule has 0 aliphatic carbocycles. The number of benzene rings is 2. The molecule has 0 atom stereocenters. The summed E-state index contributed by atoms with van der Waals surface area (Å²) in [5.74, 6) is 1.48. The van der Waals surface area contributed by atoms with Crippen molar-refractivity contribution >= 4 is 27.5 Å². The van der Waals surface area contributed by atoms with E-state index in [0.717, 1.165) is 4.31 Å². The van der Waals surface area contributed by atoms with Crippen LogP contribution in [0.15, 0.2) is 52.6 Å². The van der Waals surface area contributed by atoms with Gasteiger partial charge in [-0.15, -0.1) is 4.40 Å². The zero-order chi connectivity index (χ0) is 20.9. The standard InChI is InChI=1S/C19H15N3O7S/c1-22-14(19(23)20-12-3-5-16-18(7-12)29-10-27-16)8-13(21-30(22,24)25)11-2-4-15-17(6-11)28-9-26-15/h2-8H,9-10H2,1H3,(H,20,23). The molecule has 10 nitrogen and oxygen atoms in total. The Kier molecular flexibility index (Phi) is 4.07. The van der Waals surface area contributed by atoms with Crippen LogP contribution in [0.2, 0.25) is 0 Å². The lowest BCUT2D eigenvalue weighted by atomic mass is 10.1. The fourth-order valence-electron chi connectivity index (χ4n) is 3.13. The number of nitrogens with one attached hydrogen (secondary N) is 1. The van der Waals surface area contributed by atoms with Crippen LogP contribution in [0, 0.1) is 0 Å². The molecule has 0 bridgehead atoms. The zero-order valence-corrected chi connectivity index (χ0v) is 16.4. The molecular weight excluding hydrogens is 414 g/mol. The molecule has 0 aromatic heterocycles. The van der Waals surface area contributed by atoms with Crippen molar-refractivity contribution in [1.29, 1.82) is 0 Å². The van der Waals surface area contributed by atoms with Crippen molar-refractivity contribution in [3.63, 3.8) is 0 Å². The van der Waals surface area contributed by atoms with Gasteiger partial charge in [-0.2, -0.15) is 8.42 Å². The molecular formula is C19H15N3O7S. The van der Waals surface area contributed by atoms with Gasteiger partial charge in [0.2, 0.25) is 13.6 Å². The zero-order valence-electron chi connectivity index (χ0n) is 15.6. The largest absolute Gasteiger partial charge is 0.454 e. The summed E-state index contributed by atoms with van der Waals surface area (Å²) in [5.41, 5.74) is 0.935. The molecule has 3 aliphatic heterocycles. The van der Waals surface area contributed by atoms with Crippen molar-refractivity contribution in [2.75, 3.05) is 26.0 Å².